The molecule has 0 amide bonds. The molecule has 37 heavy (non-hydrogen) atoms. The molecule has 2 heterocycles. The molecule has 6 rings (SSSR count). The lowest BCUT2D eigenvalue weighted by atomic mass is 9.65. The summed E-state index contributed by atoms with van der Waals surface area (Å²) >= 11 is 0. The van der Waals surface area contributed by atoms with Crippen LogP contribution in [-0.4, -0.2) is 0 Å². The van der Waals surface area contributed by atoms with E-state index in [1.54, 1.807) is 0 Å². The third kappa shape index (κ3) is 4.22. The summed E-state index contributed by atoms with van der Waals surface area (Å²) in [6.45, 7) is 4.00. The van der Waals surface area contributed by atoms with Crippen molar-refractivity contribution in [2.75, 3.05) is 0 Å². The second-order valence-electron chi connectivity index (χ2n) is 9.45. The Labute approximate surface area is 219 Å². The van der Waals surface area contributed by atoms with E-state index in [4.69, 9.17) is 8.83 Å². The van der Waals surface area contributed by atoms with Crippen LogP contribution in [0.25, 0.3) is 0 Å². The number of furan rings is 2. The van der Waals surface area contributed by atoms with Crippen LogP contribution in [0, 0.1) is 13.8 Å². The van der Waals surface area contributed by atoms with Gasteiger partial charge in [-0.15, -0.1) is 0 Å². The summed E-state index contributed by atoms with van der Waals surface area (Å²) in [6.07, 6.45) is 5.67. The van der Waals surface area contributed by atoms with Gasteiger partial charge in [0.2, 0.25) is 0 Å². The molecule has 3 aromatic carbocycles. The van der Waals surface area contributed by atoms with Gasteiger partial charge in [-0.2, -0.15) is 0 Å². The minimum Gasteiger partial charge on any atom is -0.461 e. The van der Waals surface area contributed by atoms with Crippen molar-refractivity contribution in [2.45, 2.75) is 25.7 Å². The van der Waals surface area contributed by atoms with Crippen LogP contribution in [-0.2, 0) is 5.41 Å². The number of allylic oxidation sites excluding steroid dienone is 4. The van der Waals surface area contributed by atoms with Crippen molar-refractivity contribution in [3.63, 3.8) is 0 Å². The van der Waals surface area contributed by atoms with Gasteiger partial charge >= 0.3 is 0 Å². The first-order chi connectivity index (χ1) is 18.2. The predicted molar refractivity (Wildman–Crippen MR) is 153 cm³/mol. The maximum atomic E-state index is 6.20. The second kappa shape index (κ2) is 9.88. The summed E-state index contributed by atoms with van der Waals surface area (Å²) < 4.78 is 12.4. The minimum atomic E-state index is -0.915. The molecule has 1 aliphatic rings. The molecular weight excluding hydrogens is 471 g/mol. The first-order valence-corrected chi connectivity index (χ1v) is 14.0. The first-order valence-electron chi connectivity index (χ1n) is 12.7. The molecule has 0 fully saturated rings. The zero-order valence-corrected chi connectivity index (χ0v) is 22.0. The molecule has 0 aliphatic heterocycles. The molecule has 0 N–H and O–H groups in total. The molecule has 0 bridgehead atoms. The van der Waals surface area contributed by atoms with Crippen LogP contribution < -0.4 is 11.0 Å². The highest BCUT2D eigenvalue weighted by molar-refractivity contribution is 7.76. The van der Waals surface area contributed by atoms with E-state index in [-0.39, 0.29) is 0 Å². The normalized spacial score (nSPS) is 13.6. The Balaban J connectivity index is 1.57. The summed E-state index contributed by atoms with van der Waals surface area (Å²) in [7, 11) is -0.915. The Bertz CT molecular complexity index is 1420. The molecule has 5 aromatic rings. The van der Waals surface area contributed by atoms with Crippen LogP contribution in [0.5, 0.6) is 0 Å². The number of benzene rings is 3. The molecule has 0 atom stereocenters. The molecule has 0 saturated heterocycles. The van der Waals surface area contributed by atoms with Crippen molar-refractivity contribution in [3.05, 3.63) is 167 Å². The standard InChI is InChI=1S/C34H29O2P/c1-25-18-22-32(35-25)37(33-23-19-26(2)36-33)31-21-20-30(24-31)34(27-12-6-3-7-13-27,28-14-8-4-9-15-28)29-16-10-5-11-17-29/h3-20,22-24H,21H2,1-2H3. The van der Waals surface area contributed by atoms with Gasteiger partial charge in [-0.05, 0) is 72.1 Å². The highest BCUT2D eigenvalue weighted by atomic mass is 31.1. The van der Waals surface area contributed by atoms with E-state index in [2.05, 4.69) is 115 Å². The summed E-state index contributed by atoms with van der Waals surface area (Å²) in [5, 5.41) is 1.33. The van der Waals surface area contributed by atoms with E-state index in [1.807, 2.05) is 26.0 Å². The molecule has 1 aliphatic carbocycles. The van der Waals surface area contributed by atoms with Crippen molar-refractivity contribution in [1.82, 2.24) is 0 Å². The SMILES string of the molecule is Cc1ccc(P(C2=CC(C(c3ccccc3)(c3ccccc3)c3ccccc3)=CC2)c2ccc(C)o2)o1. The fourth-order valence-corrected chi connectivity index (χ4v) is 7.71. The zero-order valence-electron chi connectivity index (χ0n) is 21.1. The topological polar surface area (TPSA) is 26.3 Å². The maximum Gasteiger partial charge on any atom is 0.137 e. The van der Waals surface area contributed by atoms with Crippen LogP contribution in [0.4, 0.5) is 0 Å². The van der Waals surface area contributed by atoms with Gasteiger partial charge < -0.3 is 8.83 Å². The van der Waals surface area contributed by atoms with Crippen molar-refractivity contribution >= 4 is 18.9 Å². The smallest absolute Gasteiger partial charge is 0.137 e. The Kier molecular flexibility index (Phi) is 6.28. The van der Waals surface area contributed by atoms with Crippen molar-refractivity contribution in [3.8, 4) is 0 Å². The van der Waals surface area contributed by atoms with Crippen molar-refractivity contribution in [1.29, 1.82) is 0 Å². The molecule has 3 heteroatoms. The first kappa shape index (κ1) is 23.5. The lowest BCUT2D eigenvalue weighted by Crippen LogP contribution is -2.31. The number of hydrogen-bond acceptors (Lipinski definition) is 2. The average molecular weight is 501 g/mol. The van der Waals surface area contributed by atoms with Gasteiger partial charge in [0.15, 0.2) is 0 Å². The van der Waals surface area contributed by atoms with E-state index in [9.17, 15) is 0 Å². The zero-order chi connectivity index (χ0) is 25.2. The van der Waals surface area contributed by atoms with E-state index in [0.29, 0.717) is 0 Å². The Morgan fingerprint density at radius 3 is 1.38 bits per heavy atom. The third-order valence-electron chi connectivity index (χ3n) is 7.09. The highest BCUT2D eigenvalue weighted by Gasteiger charge is 2.41. The van der Waals surface area contributed by atoms with Crippen LogP contribution in [0.2, 0.25) is 0 Å². The third-order valence-corrected chi connectivity index (χ3v) is 9.34. The number of aryl methyl sites for hydroxylation is 2. The van der Waals surface area contributed by atoms with E-state index in [0.717, 1.165) is 28.9 Å². The van der Waals surface area contributed by atoms with Gasteiger partial charge in [-0.3, -0.25) is 0 Å². The summed E-state index contributed by atoms with van der Waals surface area (Å²) in [5.41, 5.74) is 6.56. The van der Waals surface area contributed by atoms with Gasteiger partial charge in [-0.1, -0.05) is 103 Å². The van der Waals surface area contributed by atoms with Gasteiger partial charge in [0.05, 0.1) is 13.3 Å². The molecule has 2 aromatic heterocycles. The number of rotatable bonds is 7. The van der Waals surface area contributed by atoms with Crippen molar-refractivity contribution < 1.29 is 8.83 Å². The van der Waals surface area contributed by atoms with Crippen molar-refractivity contribution in [2.24, 2.45) is 0 Å². The Hall–Kier alpha value is -3.87. The van der Waals surface area contributed by atoms with Gasteiger partial charge in [-0.25, -0.2) is 0 Å². The molecule has 2 nitrogen and oxygen atoms in total. The lowest BCUT2D eigenvalue weighted by Gasteiger charge is -2.37. The largest absolute Gasteiger partial charge is 0.461 e. The quantitative estimate of drug-likeness (QED) is 0.166. The summed E-state index contributed by atoms with van der Waals surface area (Å²) in [6, 6.07) is 40.9. The highest BCUT2D eigenvalue weighted by Crippen LogP contribution is 2.54. The predicted octanol–water partition coefficient (Wildman–Crippen LogP) is 8.17. The molecule has 0 saturated carbocycles. The van der Waals surface area contributed by atoms with E-state index in [1.165, 1.54) is 27.6 Å². The molecule has 0 unspecified atom stereocenters. The van der Waals surface area contributed by atoms with Crippen LogP contribution in [0.3, 0.4) is 0 Å². The Morgan fingerprint density at radius 1 is 0.568 bits per heavy atom. The van der Waals surface area contributed by atoms with Crippen LogP contribution in [0.1, 0.15) is 34.6 Å². The molecule has 182 valence electrons. The monoisotopic (exact) mass is 500 g/mol. The van der Waals surface area contributed by atoms with Crippen LogP contribution in [0.15, 0.2) is 147 Å². The second-order valence-corrected chi connectivity index (χ2v) is 11.6. The lowest BCUT2D eigenvalue weighted by molar-refractivity contribution is 0.558. The number of hydrogen-bond donors (Lipinski definition) is 0. The molecular formula is C34H29O2P. The minimum absolute atomic E-state index is 0.440. The average Bonchev–Trinajstić information content (AvgIpc) is 3.70. The molecule has 0 radical (unpaired) electrons. The van der Waals surface area contributed by atoms with Gasteiger partial charge in [0.25, 0.3) is 0 Å². The van der Waals surface area contributed by atoms with E-state index >= 15 is 0 Å². The molecule has 0 spiro atoms. The van der Waals surface area contributed by atoms with Gasteiger partial charge in [0.1, 0.15) is 22.5 Å². The van der Waals surface area contributed by atoms with Crippen LogP contribution >= 0.6 is 7.92 Å². The Morgan fingerprint density at radius 2 is 1.00 bits per heavy atom. The fraction of sp³-hybridized carbons (Fsp3) is 0.118. The summed E-state index contributed by atoms with van der Waals surface area (Å²) in [5.74, 6) is 1.84. The summed E-state index contributed by atoms with van der Waals surface area (Å²) in [4.78, 5) is 0. The van der Waals surface area contributed by atoms with E-state index < -0.39 is 13.3 Å². The maximum absolute atomic E-state index is 6.20. The van der Waals surface area contributed by atoms with Gasteiger partial charge in [0, 0.05) is 0 Å². The fourth-order valence-electron chi connectivity index (χ4n) is 5.47.